The maximum Gasteiger partial charge on any atom is 0.490 e. The monoisotopic (exact) mass is 555 g/mol. The van der Waals surface area contributed by atoms with Crippen molar-refractivity contribution in [1.82, 2.24) is 25.1 Å². The molecule has 0 saturated carbocycles. The molecular formula is C26H36F3N5O5. The van der Waals surface area contributed by atoms with Crippen molar-refractivity contribution in [1.29, 1.82) is 0 Å². The first-order valence-corrected chi connectivity index (χ1v) is 12.4. The number of ether oxygens (including phenoxy) is 2. The summed E-state index contributed by atoms with van der Waals surface area (Å²) in [7, 11) is 3.80. The number of carboxylic acid groups (broad SMARTS) is 1. The van der Waals surface area contributed by atoms with Crippen LogP contribution in [0.15, 0.2) is 36.7 Å². The van der Waals surface area contributed by atoms with Crippen molar-refractivity contribution in [3.8, 4) is 17.1 Å². The van der Waals surface area contributed by atoms with Crippen LogP contribution >= 0.6 is 0 Å². The lowest BCUT2D eigenvalue weighted by Crippen LogP contribution is -2.58. The number of carbonyl (C=O) groups excluding carboxylic acids is 1. The first-order chi connectivity index (χ1) is 18.3. The van der Waals surface area contributed by atoms with Gasteiger partial charge < -0.3 is 29.7 Å². The zero-order valence-electron chi connectivity index (χ0n) is 22.6. The number of carbonyl (C=O) groups is 2. The second-order valence-electron chi connectivity index (χ2n) is 9.66. The van der Waals surface area contributed by atoms with Crippen molar-refractivity contribution in [2.75, 3.05) is 60.1 Å². The quantitative estimate of drug-likeness (QED) is 0.427. The van der Waals surface area contributed by atoms with Gasteiger partial charge in [0.25, 0.3) is 5.91 Å². The standard InChI is InChI=1S/C24H35N5O3.C2HF3O2/c1-24(2)18-29(12-10-27-24)23(30)20-16-25-22(26-17-20)19-6-8-21(9-7-19)32-15-13-28(3)11-5-14-31-4;3-2(4,5)1(6)7/h6-9,16-17,27H,5,10-15,18H2,1-4H3;(H,6,7). The number of likely N-dealkylation sites (N-methyl/N-ethyl adjacent to an activating group) is 1. The van der Waals surface area contributed by atoms with Crippen LogP contribution in [0.4, 0.5) is 13.2 Å². The maximum atomic E-state index is 12.8. The van der Waals surface area contributed by atoms with Crippen LogP contribution in [0.3, 0.4) is 0 Å². The second kappa shape index (κ2) is 14.8. The van der Waals surface area contributed by atoms with E-state index < -0.39 is 12.1 Å². The van der Waals surface area contributed by atoms with Crippen LogP contribution in [0.2, 0.25) is 0 Å². The molecule has 0 radical (unpaired) electrons. The van der Waals surface area contributed by atoms with Crippen LogP contribution in [-0.2, 0) is 9.53 Å². The number of halogens is 3. The molecule has 1 amide bonds. The molecule has 2 N–H and O–H groups in total. The number of alkyl halides is 3. The Balaban J connectivity index is 0.000000673. The first kappa shape index (κ1) is 31.9. The van der Waals surface area contributed by atoms with E-state index in [9.17, 15) is 18.0 Å². The molecule has 10 nitrogen and oxygen atoms in total. The van der Waals surface area contributed by atoms with Crippen molar-refractivity contribution in [3.63, 3.8) is 0 Å². The van der Waals surface area contributed by atoms with Gasteiger partial charge in [0.15, 0.2) is 5.82 Å². The van der Waals surface area contributed by atoms with Gasteiger partial charge in [0, 0.05) is 69.9 Å². The lowest BCUT2D eigenvalue weighted by Gasteiger charge is -2.39. The molecule has 0 spiro atoms. The summed E-state index contributed by atoms with van der Waals surface area (Å²) in [5.74, 6) is -1.38. The summed E-state index contributed by atoms with van der Waals surface area (Å²) in [6, 6.07) is 7.72. The van der Waals surface area contributed by atoms with Gasteiger partial charge in [-0.05, 0) is 51.6 Å². The van der Waals surface area contributed by atoms with Gasteiger partial charge in [-0.1, -0.05) is 0 Å². The van der Waals surface area contributed by atoms with Gasteiger partial charge in [-0.2, -0.15) is 13.2 Å². The van der Waals surface area contributed by atoms with Gasteiger partial charge in [0.1, 0.15) is 12.4 Å². The van der Waals surface area contributed by atoms with Gasteiger partial charge in [-0.15, -0.1) is 0 Å². The van der Waals surface area contributed by atoms with E-state index in [1.54, 1.807) is 19.5 Å². The zero-order valence-corrected chi connectivity index (χ0v) is 22.6. The lowest BCUT2D eigenvalue weighted by molar-refractivity contribution is -0.192. The van der Waals surface area contributed by atoms with Crippen molar-refractivity contribution < 1.29 is 37.3 Å². The van der Waals surface area contributed by atoms with Crippen molar-refractivity contribution >= 4 is 11.9 Å². The van der Waals surface area contributed by atoms with Crippen molar-refractivity contribution in [3.05, 3.63) is 42.2 Å². The minimum atomic E-state index is -5.08. The number of amides is 1. The lowest BCUT2D eigenvalue weighted by atomic mass is 10.0. The highest BCUT2D eigenvalue weighted by atomic mass is 19.4. The van der Waals surface area contributed by atoms with Crippen LogP contribution in [0.25, 0.3) is 11.4 Å². The maximum absolute atomic E-state index is 12.8. The molecule has 2 aromatic rings. The fourth-order valence-corrected chi connectivity index (χ4v) is 3.70. The van der Waals surface area contributed by atoms with E-state index >= 15 is 0 Å². The van der Waals surface area contributed by atoms with E-state index in [2.05, 4.69) is 41.1 Å². The van der Waals surface area contributed by atoms with E-state index in [0.717, 1.165) is 44.0 Å². The van der Waals surface area contributed by atoms with Crippen molar-refractivity contribution in [2.24, 2.45) is 0 Å². The number of nitrogens with one attached hydrogen (secondary N) is 1. The number of aromatic nitrogens is 2. The topological polar surface area (TPSA) is 117 Å². The van der Waals surface area contributed by atoms with E-state index in [0.29, 0.717) is 31.1 Å². The molecule has 0 atom stereocenters. The average molecular weight is 556 g/mol. The molecule has 1 saturated heterocycles. The predicted molar refractivity (Wildman–Crippen MR) is 139 cm³/mol. The molecule has 2 heterocycles. The van der Waals surface area contributed by atoms with E-state index in [4.69, 9.17) is 19.4 Å². The molecule has 0 bridgehead atoms. The molecule has 1 aliphatic heterocycles. The van der Waals surface area contributed by atoms with Gasteiger partial charge in [0.05, 0.1) is 5.56 Å². The zero-order chi connectivity index (χ0) is 29.1. The smallest absolute Gasteiger partial charge is 0.490 e. The summed E-state index contributed by atoms with van der Waals surface area (Å²) in [4.78, 5) is 34.6. The second-order valence-corrected chi connectivity index (χ2v) is 9.66. The Morgan fingerprint density at radius 1 is 1.13 bits per heavy atom. The van der Waals surface area contributed by atoms with Crippen LogP contribution in [-0.4, -0.2) is 109 Å². The summed E-state index contributed by atoms with van der Waals surface area (Å²) in [5, 5.41) is 10.5. The van der Waals surface area contributed by atoms with Crippen LogP contribution in [0.1, 0.15) is 30.6 Å². The Labute approximate surface area is 226 Å². The number of rotatable bonds is 10. The highest BCUT2D eigenvalue weighted by molar-refractivity contribution is 5.94. The molecule has 39 heavy (non-hydrogen) atoms. The molecular weight excluding hydrogens is 519 g/mol. The number of nitrogens with zero attached hydrogens (tertiary/aromatic N) is 4. The van der Waals surface area contributed by atoms with Crippen LogP contribution in [0, 0.1) is 0 Å². The van der Waals surface area contributed by atoms with Crippen LogP contribution < -0.4 is 10.1 Å². The molecule has 1 fully saturated rings. The number of benzene rings is 1. The minimum absolute atomic E-state index is 0.0259. The van der Waals surface area contributed by atoms with Gasteiger partial charge in [-0.3, -0.25) is 4.79 Å². The molecule has 13 heteroatoms. The van der Waals surface area contributed by atoms with Gasteiger partial charge in [-0.25, -0.2) is 14.8 Å². The number of carboxylic acids is 1. The summed E-state index contributed by atoms with van der Waals surface area (Å²) in [6.45, 7) is 9.58. The Hall–Kier alpha value is -3.29. The number of aliphatic carboxylic acids is 1. The third kappa shape index (κ3) is 11.2. The Kier molecular flexibility index (Phi) is 12.1. The minimum Gasteiger partial charge on any atom is -0.492 e. The van der Waals surface area contributed by atoms with E-state index in [1.807, 2.05) is 29.2 Å². The van der Waals surface area contributed by atoms with Gasteiger partial charge in [0.2, 0.25) is 0 Å². The Bertz CT molecular complexity index is 1050. The summed E-state index contributed by atoms with van der Waals surface area (Å²) < 4.78 is 42.7. The Morgan fingerprint density at radius 2 is 1.74 bits per heavy atom. The largest absolute Gasteiger partial charge is 0.492 e. The molecule has 0 aliphatic carbocycles. The molecule has 216 valence electrons. The molecule has 1 aromatic heterocycles. The average Bonchev–Trinajstić information content (AvgIpc) is 2.88. The molecule has 3 rings (SSSR count). The van der Waals surface area contributed by atoms with E-state index in [1.165, 1.54) is 0 Å². The first-order valence-electron chi connectivity index (χ1n) is 12.4. The number of methoxy groups -OCH3 is 1. The van der Waals surface area contributed by atoms with Gasteiger partial charge >= 0.3 is 12.1 Å². The fourth-order valence-electron chi connectivity index (χ4n) is 3.70. The summed E-state index contributed by atoms with van der Waals surface area (Å²) in [5.41, 5.74) is 1.31. The van der Waals surface area contributed by atoms with E-state index in [-0.39, 0.29) is 11.4 Å². The van der Waals surface area contributed by atoms with Crippen LogP contribution in [0.5, 0.6) is 5.75 Å². The highest BCUT2D eigenvalue weighted by Crippen LogP contribution is 2.20. The normalized spacial score (nSPS) is 14.9. The highest BCUT2D eigenvalue weighted by Gasteiger charge is 2.38. The third-order valence-electron chi connectivity index (χ3n) is 5.74. The molecule has 1 aromatic carbocycles. The fraction of sp³-hybridized carbons (Fsp3) is 0.538. The Morgan fingerprint density at radius 3 is 2.28 bits per heavy atom. The summed E-state index contributed by atoms with van der Waals surface area (Å²) >= 11 is 0. The SMILES string of the molecule is COCCCN(C)CCOc1ccc(-c2ncc(C(=O)N3CCNC(C)(C)C3)cn2)cc1.O=C(O)C(F)(F)F. The predicted octanol–water partition coefficient (Wildman–Crippen LogP) is 2.95. The number of hydrogen-bond donors (Lipinski definition) is 2. The third-order valence-corrected chi connectivity index (χ3v) is 5.74. The molecule has 1 aliphatic rings. The summed E-state index contributed by atoms with van der Waals surface area (Å²) in [6.07, 6.45) is -0.841. The van der Waals surface area contributed by atoms with Crippen molar-refractivity contribution in [2.45, 2.75) is 32.0 Å². The molecule has 0 unspecified atom stereocenters. The number of piperazine rings is 1. The number of hydrogen-bond acceptors (Lipinski definition) is 8.